The monoisotopic (exact) mass is 235 g/mol. The molecule has 6 nitrogen and oxygen atoms in total. The summed E-state index contributed by atoms with van der Waals surface area (Å²) in [5.41, 5.74) is 6.79. The van der Waals surface area contributed by atoms with Gasteiger partial charge in [-0.1, -0.05) is 19.0 Å². The van der Waals surface area contributed by atoms with Crippen LogP contribution in [0.3, 0.4) is 0 Å². The molecule has 0 fully saturated rings. The number of nitrogens with two attached hydrogens (primary N) is 1. The Bertz CT molecular complexity index is 488. The smallest absolute Gasteiger partial charge is 0.228 e. The third kappa shape index (κ3) is 2.52. The van der Waals surface area contributed by atoms with E-state index in [-0.39, 0.29) is 6.04 Å². The highest BCUT2D eigenvalue weighted by atomic mass is 16.5. The quantitative estimate of drug-likeness (QED) is 0.854. The second-order valence-electron chi connectivity index (χ2n) is 4.51. The first-order valence-electron chi connectivity index (χ1n) is 5.62. The van der Waals surface area contributed by atoms with Crippen LogP contribution in [0, 0.1) is 5.92 Å². The lowest BCUT2D eigenvalue weighted by Crippen LogP contribution is -2.28. The van der Waals surface area contributed by atoms with Gasteiger partial charge in [-0.3, -0.25) is 0 Å². The van der Waals surface area contributed by atoms with Crippen LogP contribution in [0.5, 0.6) is 0 Å². The summed E-state index contributed by atoms with van der Waals surface area (Å²) < 4.78 is 7.03. The van der Waals surface area contributed by atoms with Crippen LogP contribution in [-0.2, 0) is 13.5 Å². The summed E-state index contributed by atoms with van der Waals surface area (Å²) in [5.74, 6) is 1.51. The van der Waals surface area contributed by atoms with E-state index in [9.17, 15) is 0 Å². The Morgan fingerprint density at radius 1 is 1.47 bits per heavy atom. The first kappa shape index (κ1) is 11.8. The molecule has 6 heteroatoms. The summed E-state index contributed by atoms with van der Waals surface area (Å²) in [6, 6.07) is 0.0369. The Labute approximate surface area is 99.8 Å². The van der Waals surface area contributed by atoms with Gasteiger partial charge in [-0.2, -0.15) is 4.98 Å². The van der Waals surface area contributed by atoms with Gasteiger partial charge in [0.2, 0.25) is 11.7 Å². The van der Waals surface area contributed by atoms with Crippen molar-refractivity contribution in [1.82, 2.24) is 19.7 Å². The van der Waals surface area contributed by atoms with Crippen LogP contribution in [0.1, 0.15) is 19.7 Å². The minimum absolute atomic E-state index is 0.0369. The molecule has 2 aromatic heterocycles. The molecule has 0 saturated heterocycles. The van der Waals surface area contributed by atoms with Gasteiger partial charge >= 0.3 is 0 Å². The minimum atomic E-state index is 0.0369. The van der Waals surface area contributed by atoms with Gasteiger partial charge in [0, 0.05) is 19.5 Å². The van der Waals surface area contributed by atoms with Crippen LogP contribution in [-0.4, -0.2) is 25.7 Å². The van der Waals surface area contributed by atoms with Crippen molar-refractivity contribution in [3.8, 4) is 11.5 Å². The third-order valence-corrected chi connectivity index (χ3v) is 2.78. The van der Waals surface area contributed by atoms with Crippen molar-refractivity contribution in [3.05, 3.63) is 18.4 Å². The van der Waals surface area contributed by atoms with Crippen LogP contribution in [0.2, 0.25) is 0 Å². The predicted molar refractivity (Wildman–Crippen MR) is 63.0 cm³/mol. The van der Waals surface area contributed by atoms with Gasteiger partial charge in [-0.25, -0.2) is 4.98 Å². The van der Waals surface area contributed by atoms with E-state index in [1.54, 1.807) is 12.5 Å². The van der Waals surface area contributed by atoms with E-state index in [1.165, 1.54) is 0 Å². The zero-order chi connectivity index (χ0) is 12.4. The highest BCUT2D eigenvalue weighted by Gasteiger charge is 2.15. The molecule has 1 unspecified atom stereocenters. The summed E-state index contributed by atoms with van der Waals surface area (Å²) >= 11 is 0. The Morgan fingerprint density at radius 2 is 2.24 bits per heavy atom. The van der Waals surface area contributed by atoms with Crippen LogP contribution in [0.25, 0.3) is 11.5 Å². The second-order valence-corrected chi connectivity index (χ2v) is 4.51. The number of aryl methyl sites for hydroxylation is 1. The SMILES string of the molecule is CC(C)C(N)Cc1nc(-c2cncn2C)no1. The predicted octanol–water partition coefficient (Wildman–Crippen LogP) is 0.996. The number of hydrogen-bond donors (Lipinski definition) is 1. The molecule has 0 amide bonds. The zero-order valence-corrected chi connectivity index (χ0v) is 10.3. The van der Waals surface area contributed by atoms with Gasteiger partial charge in [0.1, 0.15) is 5.69 Å². The summed E-state index contributed by atoms with van der Waals surface area (Å²) in [4.78, 5) is 8.33. The van der Waals surface area contributed by atoms with Gasteiger partial charge in [-0.15, -0.1) is 0 Å². The summed E-state index contributed by atoms with van der Waals surface area (Å²) in [6.45, 7) is 4.14. The molecule has 0 saturated carbocycles. The van der Waals surface area contributed by atoms with Crippen molar-refractivity contribution in [2.24, 2.45) is 18.7 Å². The summed E-state index contributed by atoms with van der Waals surface area (Å²) in [7, 11) is 1.89. The first-order valence-corrected chi connectivity index (χ1v) is 5.62. The van der Waals surface area contributed by atoms with E-state index in [1.807, 2.05) is 11.6 Å². The van der Waals surface area contributed by atoms with Crippen LogP contribution >= 0.6 is 0 Å². The average Bonchev–Trinajstić information content (AvgIpc) is 2.86. The lowest BCUT2D eigenvalue weighted by atomic mass is 10.0. The molecule has 0 aliphatic carbocycles. The molecule has 1 atom stereocenters. The lowest BCUT2D eigenvalue weighted by molar-refractivity contribution is 0.353. The maximum atomic E-state index is 5.96. The Kier molecular flexibility index (Phi) is 3.23. The topological polar surface area (TPSA) is 82.8 Å². The van der Waals surface area contributed by atoms with Crippen molar-refractivity contribution in [3.63, 3.8) is 0 Å². The standard InChI is InChI=1S/C11H17N5O/c1-7(2)8(12)4-10-14-11(15-17-10)9-5-13-6-16(9)3/h5-8H,4,12H2,1-3H3. The number of nitrogens with zero attached hydrogens (tertiary/aromatic N) is 4. The summed E-state index contributed by atoms with van der Waals surface area (Å²) in [5, 5.41) is 3.93. The molecule has 0 spiro atoms. The van der Waals surface area contributed by atoms with E-state index >= 15 is 0 Å². The molecule has 2 N–H and O–H groups in total. The van der Waals surface area contributed by atoms with Crippen LogP contribution in [0.4, 0.5) is 0 Å². The Hall–Kier alpha value is -1.69. The van der Waals surface area contributed by atoms with E-state index in [0.717, 1.165) is 5.69 Å². The van der Waals surface area contributed by atoms with Crippen molar-refractivity contribution in [2.45, 2.75) is 26.3 Å². The number of aromatic nitrogens is 4. The Morgan fingerprint density at radius 3 is 2.82 bits per heavy atom. The zero-order valence-electron chi connectivity index (χ0n) is 10.3. The molecule has 0 aliphatic heterocycles. The third-order valence-electron chi connectivity index (χ3n) is 2.78. The molecule has 0 aliphatic rings. The van der Waals surface area contributed by atoms with Gasteiger partial charge in [-0.05, 0) is 5.92 Å². The molecule has 0 aromatic carbocycles. The fourth-order valence-electron chi connectivity index (χ4n) is 1.45. The van der Waals surface area contributed by atoms with Crippen molar-refractivity contribution >= 4 is 0 Å². The van der Waals surface area contributed by atoms with Crippen LogP contribution in [0.15, 0.2) is 17.0 Å². The van der Waals surface area contributed by atoms with Crippen LogP contribution < -0.4 is 5.73 Å². The van der Waals surface area contributed by atoms with E-state index in [4.69, 9.17) is 10.3 Å². The molecule has 2 heterocycles. The molecule has 0 radical (unpaired) electrons. The molecular weight excluding hydrogens is 218 g/mol. The van der Waals surface area contributed by atoms with Gasteiger partial charge < -0.3 is 14.8 Å². The van der Waals surface area contributed by atoms with Crippen molar-refractivity contribution < 1.29 is 4.52 Å². The normalized spacial score (nSPS) is 13.2. The van der Waals surface area contributed by atoms with Gasteiger partial charge in [0.15, 0.2) is 0 Å². The largest absolute Gasteiger partial charge is 0.339 e. The fraction of sp³-hybridized carbons (Fsp3) is 0.545. The van der Waals surface area contributed by atoms with E-state index in [2.05, 4.69) is 29.0 Å². The number of rotatable bonds is 4. The van der Waals surface area contributed by atoms with E-state index in [0.29, 0.717) is 24.1 Å². The minimum Gasteiger partial charge on any atom is -0.339 e. The van der Waals surface area contributed by atoms with E-state index < -0.39 is 0 Å². The fourth-order valence-corrected chi connectivity index (χ4v) is 1.45. The number of imidazole rings is 1. The molecule has 92 valence electrons. The summed E-state index contributed by atoms with van der Waals surface area (Å²) in [6.07, 6.45) is 4.00. The molecule has 2 aromatic rings. The molecule has 2 rings (SSSR count). The number of hydrogen-bond acceptors (Lipinski definition) is 5. The van der Waals surface area contributed by atoms with Crippen molar-refractivity contribution in [1.29, 1.82) is 0 Å². The molecular formula is C11H17N5O. The first-order chi connectivity index (χ1) is 8.08. The Balaban J connectivity index is 2.14. The highest BCUT2D eigenvalue weighted by molar-refractivity contribution is 5.46. The lowest BCUT2D eigenvalue weighted by Gasteiger charge is -2.11. The average molecular weight is 235 g/mol. The maximum Gasteiger partial charge on any atom is 0.228 e. The molecule has 17 heavy (non-hydrogen) atoms. The van der Waals surface area contributed by atoms with Gasteiger partial charge in [0.25, 0.3) is 0 Å². The maximum absolute atomic E-state index is 5.96. The van der Waals surface area contributed by atoms with Crippen molar-refractivity contribution in [2.75, 3.05) is 0 Å². The van der Waals surface area contributed by atoms with Gasteiger partial charge in [0.05, 0.1) is 12.5 Å². The molecule has 0 bridgehead atoms. The second kappa shape index (κ2) is 4.67. The highest BCUT2D eigenvalue weighted by Crippen LogP contribution is 2.15.